The molecule has 0 aliphatic carbocycles. The number of amides is 2. The topological polar surface area (TPSA) is 173 Å². The van der Waals surface area contributed by atoms with Crippen LogP contribution in [-0.4, -0.2) is 45.5 Å². The first-order chi connectivity index (χ1) is 25.5. The van der Waals surface area contributed by atoms with Crippen LogP contribution in [0.4, 0.5) is 35.0 Å². The number of nitrogens with one attached hydrogen (secondary N) is 2. The first-order valence-corrected chi connectivity index (χ1v) is 15.7. The Morgan fingerprint density at radius 1 is 0.698 bits per heavy atom. The van der Waals surface area contributed by atoms with Crippen molar-refractivity contribution >= 4 is 23.1 Å². The Bertz CT molecular complexity index is 2340. The lowest BCUT2D eigenvalue weighted by Crippen LogP contribution is -2.19. The molecule has 7 aromatic rings. The van der Waals surface area contributed by atoms with E-state index >= 15 is 0 Å². The van der Waals surface area contributed by atoms with Crippen LogP contribution >= 0.6 is 0 Å². The van der Waals surface area contributed by atoms with Crippen molar-refractivity contribution in [2.45, 2.75) is 6.18 Å². The van der Waals surface area contributed by atoms with Crippen LogP contribution in [0.5, 0.6) is 23.3 Å². The average molecular weight is 722 g/mol. The van der Waals surface area contributed by atoms with Crippen molar-refractivity contribution in [3.05, 3.63) is 128 Å². The number of halogens is 3. The minimum Gasteiger partial charge on any atom is -0.439 e. The Balaban J connectivity index is 0.000000204. The fraction of sp³-hybridized carbons (Fsp3) is 0.0833. The normalized spacial score (nSPS) is 10.9. The summed E-state index contributed by atoms with van der Waals surface area (Å²) < 4.78 is 53.3. The number of anilines is 3. The highest BCUT2D eigenvalue weighted by Crippen LogP contribution is 2.31. The predicted octanol–water partition coefficient (Wildman–Crippen LogP) is 7.58. The highest BCUT2D eigenvalue weighted by atomic mass is 19.4. The van der Waals surface area contributed by atoms with Gasteiger partial charge in [-0.2, -0.15) is 33.3 Å². The third kappa shape index (κ3) is 9.91. The van der Waals surface area contributed by atoms with Crippen molar-refractivity contribution in [2.75, 3.05) is 16.4 Å². The van der Waals surface area contributed by atoms with Gasteiger partial charge in [0.25, 0.3) is 0 Å². The number of nitrogens with zero attached hydrogens (tertiary/aromatic N) is 8. The standard InChI is InChI=1S/C22H17F3N6O2.C14H13N5O/c1-31-13-14(12-27-31)20-26-9-8-19(30-20)33-18-7-3-6-17(11-18)29-21(32)28-16-5-2-4-15(10-16)22(23,24)25;1-19-9-10(8-17-19)14-16-6-5-13(18-14)20-12-4-2-3-11(15)7-12/h2-13H,1H3,(H2,28,29,32);2-9H,15H2,1H3. The summed E-state index contributed by atoms with van der Waals surface area (Å²) in [5.74, 6) is 2.79. The zero-order chi connectivity index (χ0) is 37.4. The molecular weight excluding hydrogens is 691 g/mol. The van der Waals surface area contributed by atoms with Gasteiger partial charge in [0.2, 0.25) is 11.8 Å². The summed E-state index contributed by atoms with van der Waals surface area (Å²) in [7, 11) is 3.63. The quantitative estimate of drug-likeness (QED) is 0.133. The second-order valence-corrected chi connectivity index (χ2v) is 11.2. The highest BCUT2D eigenvalue weighted by Gasteiger charge is 2.30. The fourth-order valence-corrected chi connectivity index (χ4v) is 4.67. The van der Waals surface area contributed by atoms with E-state index in [1.807, 2.05) is 25.4 Å². The van der Waals surface area contributed by atoms with Crippen LogP contribution in [0.3, 0.4) is 0 Å². The van der Waals surface area contributed by atoms with Crippen molar-refractivity contribution in [2.24, 2.45) is 14.1 Å². The van der Waals surface area contributed by atoms with E-state index in [1.165, 1.54) is 12.1 Å². The molecule has 4 N–H and O–H groups in total. The molecule has 0 radical (unpaired) electrons. The number of rotatable bonds is 8. The van der Waals surface area contributed by atoms with Crippen LogP contribution in [0.15, 0.2) is 122 Å². The van der Waals surface area contributed by atoms with Crippen molar-refractivity contribution in [1.29, 1.82) is 0 Å². The number of carbonyl (C=O) groups is 1. The van der Waals surface area contributed by atoms with Crippen LogP contribution in [0, 0.1) is 0 Å². The Morgan fingerprint density at radius 2 is 1.21 bits per heavy atom. The van der Waals surface area contributed by atoms with Gasteiger partial charge in [0.05, 0.1) is 29.1 Å². The molecule has 0 bridgehead atoms. The van der Waals surface area contributed by atoms with Crippen molar-refractivity contribution in [3.8, 4) is 46.0 Å². The second kappa shape index (κ2) is 15.7. The van der Waals surface area contributed by atoms with Gasteiger partial charge >= 0.3 is 12.2 Å². The Hall–Kier alpha value is -7.30. The van der Waals surface area contributed by atoms with Crippen molar-refractivity contribution < 1.29 is 27.4 Å². The molecule has 4 aromatic heterocycles. The minimum atomic E-state index is -4.50. The van der Waals surface area contributed by atoms with Gasteiger partial charge in [-0.05, 0) is 42.5 Å². The largest absolute Gasteiger partial charge is 0.439 e. The number of nitrogens with two attached hydrogens (primary N) is 1. The summed E-state index contributed by atoms with van der Waals surface area (Å²) in [6.07, 6.45) is 5.66. The van der Waals surface area contributed by atoms with E-state index in [0.717, 1.165) is 23.3 Å². The molecule has 0 atom stereocenters. The lowest BCUT2D eigenvalue weighted by Gasteiger charge is -2.11. The number of hydrogen-bond donors (Lipinski definition) is 3. The third-order valence-corrected chi connectivity index (χ3v) is 7.03. The van der Waals surface area contributed by atoms with Crippen molar-refractivity contribution in [3.63, 3.8) is 0 Å². The first kappa shape index (κ1) is 35.5. The molecule has 0 fully saturated rings. The zero-order valence-electron chi connectivity index (χ0n) is 28.1. The number of nitrogen functional groups attached to an aromatic ring is 1. The lowest BCUT2D eigenvalue weighted by molar-refractivity contribution is -0.137. The molecule has 14 nitrogen and oxygen atoms in total. The number of benzene rings is 3. The number of aromatic nitrogens is 8. The summed E-state index contributed by atoms with van der Waals surface area (Å²) in [6, 6.07) is 20.6. The monoisotopic (exact) mass is 721 g/mol. The predicted molar refractivity (Wildman–Crippen MR) is 190 cm³/mol. The molecule has 0 saturated heterocycles. The molecule has 3 aromatic carbocycles. The minimum absolute atomic E-state index is 0.0126. The smallest absolute Gasteiger partial charge is 0.416 e. The van der Waals surface area contributed by atoms with E-state index in [2.05, 4.69) is 40.8 Å². The van der Waals surface area contributed by atoms with E-state index in [-0.39, 0.29) is 11.6 Å². The van der Waals surface area contributed by atoms with Crippen LogP contribution in [0.1, 0.15) is 5.56 Å². The van der Waals surface area contributed by atoms with Gasteiger partial charge in [-0.15, -0.1) is 0 Å². The molecule has 0 aliphatic rings. The number of urea groups is 1. The maximum Gasteiger partial charge on any atom is 0.416 e. The van der Waals surface area contributed by atoms with E-state index in [1.54, 1.807) is 95.9 Å². The fourth-order valence-electron chi connectivity index (χ4n) is 4.67. The first-order valence-electron chi connectivity index (χ1n) is 15.7. The molecule has 4 heterocycles. The Morgan fingerprint density at radius 3 is 1.72 bits per heavy atom. The molecule has 0 spiro atoms. The summed E-state index contributed by atoms with van der Waals surface area (Å²) in [5, 5.41) is 13.1. The van der Waals surface area contributed by atoms with Crippen LogP contribution < -0.4 is 25.8 Å². The summed E-state index contributed by atoms with van der Waals surface area (Å²) in [6.45, 7) is 0. The van der Waals surface area contributed by atoms with Crippen LogP contribution in [0.25, 0.3) is 22.8 Å². The molecule has 0 unspecified atom stereocenters. The van der Waals surface area contributed by atoms with Gasteiger partial charge in [-0.25, -0.2) is 14.8 Å². The molecule has 7 rings (SSSR count). The summed E-state index contributed by atoms with van der Waals surface area (Å²) in [5.41, 5.74) is 7.45. The number of hydrogen-bond acceptors (Lipinski definition) is 10. The third-order valence-electron chi connectivity index (χ3n) is 7.03. The molecule has 268 valence electrons. The highest BCUT2D eigenvalue weighted by molar-refractivity contribution is 5.99. The maximum absolute atomic E-state index is 12.8. The maximum atomic E-state index is 12.8. The molecule has 17 heteroatoms. The molecule has 2 amide bonds. The van der Waals surface area contributed by atoms with E-state index < -0.39 is 17.8 Å². The zero-order valence-corrected chi connectivity index (χ0v) is 28.1. The van der Waals surface area contributed by atoms with Gasteiger partial charge < -0.3 is 25.8 Å². The summed E-state index contributed by atoms with van der Waals surface area (Å²) >= 11 is 0. The number of ether oxygens (including phenoxy) is 2. The molecular formula is C36H30F3N11O3. The summed E-state index contributed by atoms with van der Waals surface area (Å²) in [4.78, 5) is 29.4. The number of aryl methyl sites for hydroxylation is 2. The second-order valence-electron chi connectivity index (χ2n) is 11.2. The van der Waals surface area contributed by atoms with E-state index in [4.69, 9.17) is 15.2 Å². The van der Waals surface area contributed by atoms with Gasteiger partial charge in [-0.3, -0.25) is 9.36 Å². The number of carbonyl (C=O) groups excluding carboxylic acids is 1. The average Bonchev–Trinajstić information content (AvgIpc) is 3.77. The Labute approximate surface area is 300 Å². The molecule has 0 aliphatic heterocycles. The van der Waals surface area contributed by atoms with Gasteiger partial charge in [0.15, 0.2) is 11.6 Å². The molecule has 0 saturated carbocycles. The van der Waals surface area contributed by atoms with Crippen molar-refractivity contribution in [1.82, 2.24) is 39.5 Å². The molecule has 53 heavy (non-hydrogen) atoms. The SMILES string of the molecule is Cn1cc(-c2nccc(Oc3cccc(N)c3)n2)cn1.Cn1cc(-c2nccc(Oc3cccc(NC(=O)Nc4cccc(C(F)(F)F)c4)c3)n2)cn1. The Kier molecular flexibility index (Phi) is 10.5. The number of alkyl halides is 3. The van der Waals surface area contributed by atoms with Crippen LogP contribution in [-0.2, 0) is 20.3 Å². The lowest BCUT2D eigenvalue weighted by atomic mass is 10.2. The van der Waals surface area contributed by atoms with Crippen LogP contribution in [0.2, 0.25) is 0 Å². The van der Waals surface area contributed by atoms with Gasteiger partial charge in [0.1, 0.15) is 11.5 Å². The van der Waals surface area contributed by atoms with Gasteiger partial charge in [0, 0.05) is 80.2 Å². The van der Waals surface area contributed by atoms with E-state index in [9.17, 15) is 18.0 Å². The van der Waals surface area contributed by atoms with E-state index in [0.29, 0.717) is 40.4 Å². The van der Waals surface area contributed by atoms with Gasteiger partial charge in [-0.1, -0.05) is 18.2 Å².